The first-order chi connectivity index (χ1) is 15.9. The van der Waals surface area contributed by atoms with E-state index in [9.17, 15) is 4.79 Å². The standard InChI is InChI=1S/C23H26Cl2N6O2/c1-3-31-22-17(12-27-31)21(29-14-7-9-15(30-33)10-8-14)18(11-26-22)23(32)28-13(2)16-5-4-6-19(24)20(16)25/h4-6,11-14,33H,3,7-10H2,1-2H3,(H,26,29)(H,28,32). The molecule has 1 aliphatic rings. The second kappa shape index (κ2) is 9.97. The molecule has 3 N–H and O–H groups in total. The fourth-order valence-corrected chi connectivity index (χ4v) is 4.66. The van der Waals surface area contributed by atoms with E-state index in [1.165, 1.54) is 0 Å². The molecule has 1 saturated carbocycles. The number of pyridine rings is 1. The highest BCUT2D eigenvalue weighted by Gasteiger charge is 2.24. The topological polar surface area (TPSA) is 104 Å². The predicted octanol–water partition coefficient (Wildman–Crippen LogP) is 5.43. The first-order valence-electron chi connectivity index (χ1n) is 11.0. The molecule has 0 aliphatic heterocycles. The maximum atomic E-state index is 13.4. The number of fused-ring (bicyclic) bond motifs is 1. The van der Waals surface area contributed by atoms with Crippen LogP contribution in [-0.4, -0.2) is 37.6 Å². The third-order valence-electron chi connectivity index (χ3n) is 6.06. The molecule has 3 aromatic rings. The summed E-state index contributed by atoms with van der Waals surface area (Å²) in [6, 6.07) is 5.14. The van der Waals surface area contributed by atoms with Crippen molar-refractivity contribution in [2.75, 3.05) is 5.32 Å². The molecule has 10 heteroatoms. The molecular weight excluding hydrogens is 463 g/mol. The van der Waals surface area contributed by atoms with Crippen LogP contribution in [0.3, 0.4) is 0 Å². The smallest absolute Gasteiger partial charge is 0.255 e. The number of nitrogens with zero attached hydrogens (tertiary/aromatic N) is 4. The van der Waals surface area contributed by atoms with Gasteiger partial charge in [0.2, 0.25) is 0 Å². The van der Waals surface area contributed by atoms with Gasteiger partial charge in [0.25, 0.3) is 5.91 Å². The Kier molecular flexibility index (Phi) is 7.05. The Morgan fingerprint density at radius 1 is 1.30 bits per heavy atom. The zero-order valence-electron chi connectivity index (χ0n) is 18.5. The van der Waals surface area contributed by atoms with Crippen molar-refractivity contribution in [2.24, 2.45) is 5.16 Å². The van der Waals surface area contributed by atoms with Crippen LogP contribution in [0.5, 0.6) is 0 Å². The Morgan fingerprint density at radius 2 is 2.06 bits per heavy atom. The largest absolute Gasteiger partial charge is 0.411 e. The van der Waals surface area contributed by atoms with Gasteiger partial charge in [-0.05, 0) is 51.2 Å². The van der Waals surface area contributed by atoms with Crippen molar-refractivity contribution >= 4 is 51.5 Å². The summed E-state index contributed by atoms with van der Waals surface area (Å²) in [5, 5.41) is 25.0. The molecule has 174 valence electrons. The summed E-state index contributed by atoms with van der Waals surface area (Å²) in [7, 11) is 0. The number of oxime groups is 1. The lowest BCUT2D eigenvalue weighted by molar-refractivity contribution is 0.0940. The fraction of sp³-hybridized carbons (Fsp3) is 0.391. The van der Waals surface area contributed by atoms with Crippen LogP contribution < -0.4 is 10.6 Å². The van der Waals surface area contributed by atoms with Crippen LogP contribution in [0.1, 0.15) is 61.5 Å². The van der Waals surface area contributed by atoms with Gasteiger partial charge in [-0.25, -0.2) is 9.67 Å². The van der Waals surface area contributed by atoms with Gasteiger partial charge in [-0.2, -0.15) is 5.10 Å². The molecule has 0 radical (unpaired) electrons. The van der Waals surface area contributed by atoms with Crippen LogP contribution in [0.4, 0.5) is 5.69 Å². The highest BCUT2D eigenvalue weighted by atomic mass is 35.5. The van der Waals surface area contributed by atoms with Crippen molar-refractivity contribution in [3.05, 3.63) is 51.8 Å². The highest BCUT2D eigenvalue weighted by Crippen LogP contribution is 2.32. The van der Waals surface area contributed by atoms with Crippen molar-refractivity contribution in [3.63, 3.8) is 0 Å². The van der Waals surface area contributed by atoms with Crippen molar-refractivity contribution in [3.8, 4) is 0 Å². The Hall–Kier alpha value is -2.84. The Labute approximate surface area is 202 Å². The molecule has 33 heavy (non-hydrogen) atoms. The summed E-state index contributed by atoms with van der Waals surface area (Å²) in [5.74, 6) is -0.270. The van der Waals surface area contributed by atoms with Crippen LogP contribution in [0.25, 0.3) is 11.0 Å². The van der Waals surface area contributed by atoms with E-state index in [1.54, 1.807) is 29.2 Å². The van der Waals surface area contributed by atoms with Gasteiger partial charge in [-0.1, -0.05) is 40.5 Å². The highest BCUT2D eigenvalue weighted by molar-refractivity contribution is 6.42. The van der Waals surface area contributed by atoms with Gasteiger partial charge < -0.3 is 15.8 Å². The average Bonchev–Trinajstić information content (AvgIpc) is 3.25. The zero-order valence-corrected chi connectivity index (χ0v) is 20.0. The number of hydrogen-bond acceptors (Lipinski definition) is 6. The lowest BCUT2D eigenvalue weighted by Crippen LogP contribution is -2.30. The van der Waals surface area contributed by atoms with E-state index in [1.807, 2.05) is 19.9 Å². The molecule has 4 rings (SSSR count). The van der Waals surface area contributed by atoms with Gasteiger partial charge in [0.1, 0.15) is 0 Å². The minimum absolute atomic E-state index is 0.137. The maximum Gasteiger partial charge on any atom is 0.255 e. The number of benzene rings is 1. The summed E-state index contributed by atoms with van der Waals surface area (Å²) in [6.45, 7) is 4.53. The van der Waals surface area contributed by atoms with E-state index in [0.717, 1.165) is 35.2 Å². The SMILES string of the molecule is CCn1ncc2c(NC3CCC(=NO)CC3)c(C(=O)NC(C)c3cccc(Cl)c3Cl)cnc21. The summed E-state index contributed by atoms with van der Waals surface area (Å²) in [5.41, 5.74) is 3.40. The van der Waals surface area contributed by atoms with E-state index in [-0.39, 0.29) is 18.0 Å². The molecule has 0 saturated heterocycles. The minimum atomic E-state index is -0.358. The zero-order chi connectivity index (χ0) is 23.5. The van der Waals surface area contributed by atoms with Crippen molar-refractivity contribution in [1.82, 2.24) is 20.1 Å². The fourth-order valence-electron chi connectivity index (χ4n) is 4.19. The molecule has 2 aromatic heterocycles. The molecule has 1 amide bonds. The number of nitrogens with one attached hydrogen (secondary N) is 2. The molecular formula is C23H26Cl2N6O2. The van der Waals surface area contributed by atoms with Crippen LogP contribution in [-0.2, 0) is 6.54 Å². The summed E-state index contributed by atoms with van der Waals surface area (Å²) >= 11 is 12.5. The first-order valence-corrected chi connectivity index (χ1v) is 11.7. The molecule has 1 aliphatic carbocycles. The van der Waals surface area contributed by atoms with Crippen molar-refractivity contribution in [2.45, 2.75) is 58.2 Å². The number of amides is 1. The van der Waals surface area contributed by atoms with Gasteiger partial charge in [0.05, 0.1) is 44.6 Å². The summed E-state index contributed by atoms with van der Waals surface area (Å²) in [6.07, 6.45) is 6.36. The van der Waals surface area contributed by atoms with E-state index >= 15 is 0 Å². The molecule has 1 aromatic carbocycles. The molecule has 0 spiro atoms. The summed E-state index contributed by atoms with van der Waals surface area (Å²) in [4.78, 5) is 17.9. The summed E-state index contributed by atoms with van der Waals surface area (Å²) < 4.78 is 1.80. The molecule has 1 unspecified atom stereocenters. The van der Waals surface area contributed by atoms with Gasteiger partial charge >= 0.3 is 0 Å². The van der Waals surface area contributed by atoms with Gasteiger partial charge in [-0.15, -0.1) is 0 Å². The normalized spacial score (nSPS) is 17.1. The van der Waals surface area contributed by atoms with Crippen molar-refractivity contribution in [1.29, 1.82) is 0 Å². The number of aromatic nitrogens is 3. The van der Waals surface area contributed by atoms with Gasteiger partial charge in [-0.3, -0.25) is 4.79 Å². The number of aryl methyl sites for hydroxylation is 1. The predicted molar refractivity (Wildman–Crippen MR) is 131 cm³/mol. The van der Waals surface area contributed by atoms with Crippen LogP contribution in [0.2, 0.25) is 10.0 Å². The minimum Gasteiger partial charge on any atom is -0.411 e. The Bertz CT molecular complexity index is 1200. The molecule has 1 fully saturated rings. The molecule has 2 heterocycles. The van der Waals surface area contributed by atoms with E-state index < -0.39 is 0 Å². The maximum absolute atomic E-state index is 13.4. The second-order valence-electron chi connectivity index (χ2n) is 8.17. The number of carbonyl (C=O) groups excluding carboxylic acids is 1. The molecule has 8 nitrogen and oxygen atoms in total. The van der Waals surface area contributed by atoms with Crippen LogP contribution in [0.15, 0.2) is 35.7 Å². The van der Waals surface area contributed by atoms with Gasteiger partial charge in [0.15, 0.2) is 5.65 Å². The monoisotopic (exact) mass is 488 g/mol. The number of anilines is 1. The number of hydrogen-bond donors (Lipinski definition) is 3. The van der Waals surface area contributed by atoms with Gasteiger partial charge in [0, 0.05) is 18.8 Å². The Balaban J connectivity index is 1.65. The van der Waals surface area contributed by atoms with Crippen molar-refractivity contribution < 1.29 is 10.0 Å². The molecule has 0 bridgehead atoms. The third-order valence-corrected chi connectivity index (χ3v) is 6.89. The van der Waals surface area contributed by atoms with E-state index in [0.29, 0.717) is 40.7 Å². The molecule has 1 atom stereocenters. The average molecular weight is 489 g/mol. The quantitative estimate of drug-likeness (QED) is 0.316. The van der Waals surface area contributed by atoms with E-state index in [4.69, 9.17) is 28.4 Å². The number of rotatable bonds is 6. The first kappa shape index (κ1) is 23.3. The number of halogens is 2. The van der Waals surface area contributed by atoms with E-state index in [2.05, 4.69) is 25.9 Å². The number of carbonyl (C=O) groups is 1. The van der Waals surface area contributed by atoms with Crippen LogP contribution >= 0.6 is 23.2 Å². The van der Waals surface area contributed by atoms with Crippen LogP contribution in [0, 0.1) is 0 Å². The second-order valence-corrected chi connectivity index (χ2v) is 8.95. The lowest BCUT2D eigenvalue weighted by Gasteiger charge is -2.26. The Morgan fingerprint density at radius 3 is 2.76 bits per heavy atom. The lowest BCUT2D eigenvalue weighted by atomic mass is 9.93. The third kappa shape index (κ3) is 4.77.